The summed E-state index contributed by atoms with van der Waals surface area (Å²) in [5.41, 5.74) is -5.88. The minimum absolute atomic E-state index is 0.130. The Balaban J connectivity index is 1.34. The molecule has 1 saturated heterocycles. The van der Waals surface area contributed by atoms with Crippen LogP contribution in [0.3, 0.4) is 0 Å². The van der Waals surface area contributed by atoms with Gasteiger partial charge in [-0.25, -0.2) is 13.2 Å². The van der Waals surface area contributed by atoms with E-state index in [2.05, 4.69) is 0 Å². The van der Waals surface area contributed by atoms with Gasteiger partial charge in [0.2, 0.25) is 0 Å². The molecular formula is C21H24F3NO5S. The molecule has 2 bridgehead atoms. The summed E-state index contributed by atoms with van der Waals surface area (Å²) < 4.78 is 66.4. The Morgan fingerprint density at radius 2 is 1.55 bits per heavy atom. The first-order valence-corrected chi connectivity index (χ1v) is 11.5. The Morgan fingerprint density at radius 3 is 2.00 bits per heavy atom. The lowest BCUT2D eigenvalue weighted by Crippen LogP contribution is -2.71. The monoisotopic (exact) mass is 459 g/mol. The average Bonchev–Trinajstić information content (AvgIpc) is 2.48. The summed E-state index contributed by atoms with van der Waals surface area (Å²) in [6.07, 6.45) is 1.38. The van der Waals surface area contributed by atoms with Crippen LogP contribution < -0.4 is 0 Å². The number of alkyl halides is 3. The van der Waals surface area contributed by atoms with E-state index in [4.69, 9.17) is 4.74 Å². The average molecular weight is 459 g/mol. The Bertz CT molecular complexity index is 1010. The standard InChI is InChI=1S/C21H24F3NO5S/c1-18(2,3)30-17(27)25-8-13(9-25)16(26)20-10-19(11-20,12-20)14-4-6-15(7-5-14)31(28,29)21(22,23)24/h4-7,13H,8-12H2,1-3H3. The number of hydrogen-bond acceptors (Lipinski definition) is 5. The molecule has 1 aliphatic heterocycles. The van der Waals surface area contributed by atoms with Gasteiger partial charge in [0.1, 0.15) is 11.4 Å². The molecule has 170 valence electrons. The normalized spacial score (nSPS) is 28.3. The van der Waals surface area contributed by atoms with Crippen LogP contribution in [0.5, 0.6) is 0 Å². The van der Waals surface area contributed by atoms with Gasteiger partial charge in [-0.1, -0.05) is 12.1 Å². The molecule has 4 aliphatic rings. The van der Waals surface area contributed by atoms with Gasteiger partial charge in [0.05, 0.1) is 10.8 Å². The quantitative estimate of drug-likeness (QED) is 0.684. The van der Waals surface area contributed by atoms with E-state index in [1.165, 1.54) is 17.0 Å². The van der Waals surface area contributed by atoms with Crippen molar-refractivity contribution < 1.29 is 35.9 Å². The fraction of sp³-hybridized carbons (Fsp3) is 0.619. The second kappa shape index (κ2) is 6.46. The minimum Gasteiger partial charge on any atom is -0.444 e. The molecule has 0 unspecified atom stereocenters. The molecule has 6 nitrogen and oxygen atoms in total. The summed E-state index contributed by atoms with van der Waals surface area (Å²) in [6, 6.07) is 4.80. The van der Waals surface area contributed by atoms with Crippen molar-refractivity contribution in [2.75, 3.05) is 13.1 Å². The van der Waals surface area contributed by atoms with Crippen molar-refractivity contribution in [3.8, 4) is 0 Å². The van der Waals surface area contributed by atoms with Crippen molar-refractivity contribution in [3.63, 3.8) is 0 Å². The number of ether oxygens (including phenoxy) is 1. The first-order chi connectivity index (χ1) is 14.1. The zero-order valence-electron chi connectivity index (χ0n) is 17.5. The highest BCUT2D eigenvalue weighted by atomic mass is 32.2. The largest absolute Gasteiger partial charge is 0.501 e. The van der Waals surface area contributed by atoms with E-state index >= 15 is 0 Å². The number of nitrogens with zero attached hydrogens (tertiary/aromatic N) is 1. The minimum atomic E-state index is -5.37. The molecule has 0 aromatic heterocycles. The van der Waals surface area contributed by atoms with E-state index in [0.717, 1.165) is 17.7 Å². The fourth-order valence-corrected chi connectivity index (χ4v) is 5.79. The van der Waals surface area contributed by atoms with Gasteiger partial charge in [-0.15, -0.1) is 0 Å². The summed E-state index contributed by atoms with van der Waals surface area (Å²) in [5.74, 6) is -0.0874. The molecule has 0 radical (unpaired) electrons. The predicted octanol–water partition coefficient (Wildman–Crippen LogP) is 3.84. The van der Waals surface area contributed by atoms with Gasteiger partial charge in [0.25, 0.3) is 9.84 Å². The van der Waals surface area contributed by atoms with Crippen LogP contribution in [-0.2, 0) is 24.8 Å². The van der Waals surface area contributed by atoms with Gasteiger partial charge < -0.3 is 9.64 Å². The number of halogens is 3. The molecule has 0 spiro atoms. The highest BCUT2D eigenvalue weighted by Crippen LogP contribution is 2.74. The Labute approximate surface area is 178 Å². The van der Waals surface area contributed by atoms with Crippen LogP contribution in [0.2, 0.25) is 0 Å². The highest BCUT2D eigenvalue weighted by molar-refractivity contribution is 7.92. The number of ketones is 1. The van der Waals surface area contributed by atoms with E-state index in [1.54, 1.807) is 20.8 Å². The lowest BCUT2D eigenvalue weighted by atomic mass is 9.31. The number of carbonyl (C=O) groups excluding carboxylic acids is 2. The van der Waals surface area contributed by atoms with Crippen molar-refractivity contribution in [3.05, 3.63) is 29.8 Å². The molecule has 31 heavy (non-hydrogen) atoms. The second-order valence-corrected chi connectivity index (χ2v) is 12.0. The summed E-state index contributed by atoms with van der Waals surface area (Å²) in [7, 11) is -5.37. The lowest BCUT2D eigenvalue weighted by Gasteiger charge is -2.71. The Hall–Kier alpha value is -2.10. The fourth-order valence-electron chi connectivity index (χ4n) is 5.03. The number of sulfone groups is 1. The first kappa shape index (κ1) is 22.1. The van der Waals surface area contributed by atoms with E-state index in [9.17, 15) is 31.2 Å². The molecule has 5 rings (SSSR count). The van der Waals surface area contributed by atoms with E-state index < -0.39 is 37.4 Å². The third-order valence-electron chi connectivity index (χ3n) is 6.54. The molecule has 0 N–H and O–H groups in total. The zero-order valence-corrected chi connectivity index (χ0v) is 18.3. The van der Waals surface area contributed by atoms with Crippen LogP contribution in [-0.4, -0.2) is 49.4 Å². The molecule has 3 aliphatic carbocycles. The summed E-state index contributed by atoms with van der Waals surface area (Å²) >= 11 is 0. The van der Waals surface area contributed by atoms with Gasteiger partial charge >= 0.3 is 11.6 Å². The highest BCUT2D eigenvalue weighted by Gasteiger charge is 2.72. The third kappa shape index (κ3) is 3.43. The number of carbonyl (C=O) groups is 2. The van der Waals surface area contributed by atoms with Gasteiger partial charge in [0, 0.05) is 18.5 Å². The lowest BCUT2D eigenvalue weighted by molar-refractivity contribution is -0.182. The van der Waals surface area contributed by atoms with Crippen LogP contribution in [0.25, 0.3) is 0 Å². The maximum atomic E-state index is 12.9. The van der Waals surface area contributed by atoms with Crippen LogP contribution in [0.4, 0.5) is 18.0 Å². The molecule has 1 amide bonds. The molecule has 0 atom stereocenters. The van der Waals surface area contributed by atoms with E-state index in [0.29, 0.717) is 32.4 Å². The summed E-state index contributed by atoms with van der Waals surface area (Å²) in [4.78, 5) is 25.7. The van der Waals surface area contributed by atoms with Crippen molar-refractivity contribution in [2.45, 2.75) is 61.5 Å². The van der Waals surface area contributed by atoms with Crippen molar-refractivity contribution in [1.82, 2.24) is 4.90 Å². The number of amides is 1. The number of benzene rings is 1. The van der Waals surface area contributed by atoms with Crippen LogP contribution >= 0.6 is 0 Å². The number of likely N-dealkylation sites (tertiary alicyclic amines) is 1. The topological polar surface area (TPSA) is 80.8 Å². The van der Waals surface area contributed by atoms with Crippen LogP contribution in [0.1, 0.15) is 45.6 Å². The smallest absolute Gasteiger partial charge is 0.444 e. The maximum absolute atomic E-state index is 12.9. The van der Waals surface area contributed by atoms with Crippen molar-refractivity contribution in [2.24, 2.45) is 11.3 Å². The van der Waals surface area contributed by atoms with E-state index in [1.807, 2.05) is 0 Å². The molecule has 4 fully saturated rings. The molecular weight excluding hydrogens is 435 g/mol. The van der Waals surface area contributed by atoms with Crippen LogP contribution in [0, 0.1) is 11.3 Å². The molecule has 3 saturated carbocycles. The molecule has 10 heteroatoms. The SMILES string of the molecule is CC(C)(C)OC(=O)N1CC(C(=O)C23CC(c4ccc(S(=O)(=O)C(F)(F)F)cc4)(C2)C3)C1. The van der Waals surface area contributed by atoms with Crippen molar-refractivity contribution >= 4 is 21.7 Å². The van der Waals surface area contributed by atoms with Crippen molar-refractivity contribution in [1.29, 1.82) is 0 Å². The Kier molecular flexibility index (Phi) is 4.61. The molecule has 1 aromatic rings. The summed E-state index contributed by atoms with van der Waals surface area (Å²) in [5, 5.41) is 0. The van der Waals surface area contributed by atoms with Gasteiger partial charge in [-0.2, -0.15) is 13.2 Å². The number of hydrogen-bond donors (Lipinski definition) is 0. The summed E-state index contributed by atoms with van der Waals surface area (Å²) in [6.45, 7) is 6.01. The predicted molar refractivity (Wildman–Crippen MR) is 104 cm³/mol. The second-order valence-electron chi connectivity index (χ2n) is 10.0. The Morgan fingerprint density at radius 1 is 1.03 bits per heavy atom. The van der Waals surface area contributed by atoms with E-state index in [-0.39, 0.29) is 17.1 Å². The number of rotatable bonds is 4. The van der Waals surface area contributed by atoms with Gasteiger partial charge in [0.15, 0.2) is 0 Å². The molecule has 1 heterocycles. The third-order valence-corrected chi connectivity index (χ3v) is 8.04. The van der Waals surface area contributed by atoms with Gasteiger partial charge in [-0.05, 0) is 63.1 Å². The first-order valence-electron chi connectivity index (χ1n) is 10.0. The number of Topliss-reactive ketones (excluding diaryl/α,β-unsaturated/α-hetero) is 1. The zero-order chi connectivity index (χ0) is 23.0. The maximum Gasteiger partial charge on any atom is 0.501 e. The van der Waals surface area contributed by atoms with Gasteiger partial charge in [-0.3, -0.25) is 4.79 Å². The van der Waals surface area contributed by atoms with Crippen LogP contribution in [0.15, 0.2) is 29.2 Å². The molecule has 1 aromatic carbocycles.